The Morgan fingerprint density at radius 2 is 1.88 bits per heavy atom. The van der Waals surface area contributed by atoms with Crippen LogP contribution < -0.4 is 14.8 Å². The Hall–Kier alpha value is -4.13. The summed E-state index contributed by atoms with van der Waals surface area (Å²) < 4.78 is 12.7. The second-order valence-electron chi connectivity index (χ2n) is 11.2. The Kier molecular flexibility index (Phi) is 9.82. The van der Waals surface area contributed by atoms with Crippen LogP contribution in [0.15, 0.2) is 77.1 Å². The summed E-state index contributed by atoms with van der Waals surface area (Å²) in [7, 11) is 0. The first-order valence-electron chi connectivity index (χ1n) is 14.5. The molecule has 3 aromatic rings. The fourth-order valence-corrected chi connectivity index (χ4v) is 4.89. The number of aryl methyl sites for hydroxylation is 2. The number of allylic oxidation sites excluding steroid dienone is 3. The van der Waals surface area contributed by atoms with Crippen molar-refractivity contribution in [2.24, 2.45) is 16.9 Å². The lowest BCUT2D eigenvalue weighted by Crippen LogP contribution is -2.14. The molecule has 1 N–H and O–H groups in total. The van der Waals surface area contributed by atoms with Crippen LogP contribution in [-0.2, 0) is 0 Å². The van der Waals surface area contributed by atoms with Gasteiger partial charge < -0.3 is 14.8 Å². The van der Waals surface area contributed by atoms with Crippen LogP contribution in [0.4, 0.5) is 11.5 Å². The smallest absolute Gasteiger partial charge is 0.145 e. The molecule has 4 rings (SSSR count). The highest BCUT2D eigenvalue weighted by atomic mass is 16.5. The maximum atomic E-state index is 6.44. The van der Waals surface area contributed by atoms with Gasteiger partial charge in [-0.15, -0.1) is 0 Å². The third kappa shape index (κ3) is 7.34. The second-order valence-corrected chi connectivity index (χ2v) is 11.2. The molecular weight excluding hydrogens is 510 g/mol. The minimum absolute atomic E-state index is 0.459. The number of fused-ring (bicyclic) bond motifs is 1. The molecule has 41 heavy (non-hydrogen) atoms. The summed E-state index contributed by atoms with van der Waals surface area (Å²) in [5.74, 6) is 4.25. The van der Waals surface area contributed by atoms with E-state index in [1.807, 2.05) is 55.4 Å². The van der Waals surface area contributed by atoms with Crippen molar-refractivity contribution in [1.29, 1.82) is 0 Å². The highest BCUT2D eigenvalue weighted by Crippen LogP contribution is 2.36. The quantitative estimate of drug-likeness (QED) is 0.239. The molecule has 2 atom stereocenters. The topological polar surface area (TPSA) is 71.9 Å². The van der Waals surface area contributed by atoms with Crippen LogP contribution in [0.5, 0.6) is 11.5 Å². The second kappa shape index (κ2) is 13.5. The summed E-state index contributed by atoms with van der Waals surface area (Å²) in [4.78, 5) is 9.14. The molecule has 1 aromatic heterocycles. The van der Waals surface area contributed by atoms with Gasteiger partial charge in [-0.05, 0) is 94.3 Å². The predicted octanol–water partition coefficient (Wildman–Crippen LogP) is 8.83. The number of anilines is 2. The van der Waals surface area contributed by atoms with Gasteiger partial charge in [0.05, 0.1) is 23.2 Å². The van der Waals surface area contributed by atoms with E-state index in [1.165, 1.54) is 6.42 Å². The van der Waals surface area contributed by atoms with Gasteiger partial charge in [-0.1, -0.05) is 38.8 Å². The highest BCUT2D eigenvalue weighted by molar-refractivity contribution is 5.96. The Morgan fingerprint density at radius 3 is 2.59 bits per heavy atom. The first kappa shape index (κ1) is 29.8. The Labute approximate surface area is 244 Å². The first-order chi connectivity index (χ1) is 19.7. The zero-order chi connectivity index (χ0) is 29.5. The summed E-state index contributed by atoms with van der Waals surface area (Å²) in [6, 6.07) is 10.1. The van der Waals surface area contributed by atoms with Crippen LogP contribution in [0.25, 0.3) is 10.9 Å². The largest absolute Gasteiger partial charge is 0.492 e. The molecule has 7 nitrogen and oxygen atoms in total. The molecule has 0 bridgehead atoms. The summed E-state index contributed by atoms with van der Waals surface area (Å²) in [5, 5.41) is 10.7. The molecule has 0 amide bonds. The maximum absolute atomic E-state index is 6.44. The molecule has 2 aromatic carbocycles. The molecule has 0 spiro atoms. The lowest BCUT2D eigenvalue weighted by Gasteiger charge is -2.22. The van der Waals surface area contributed by atoms with E-state index in [4.69, 9.17) is 9.47 Å². The van der Waals surface area contributed by atoms with E-state index in [0.717, 1.165) is 68.5 Å². The van der Waals surface area contributed by atoms with E-state index >= 15 is 0 Å². The first-order valence-corrected chi connectivity index (χ1v) is 14.5. The molecule has 0 saturated carbocycles. The summed E-state index contributed by atoms with van der Waals surface area (Å²) >= 11 is 0. The zero-order valence-corrected chi connectivity index (χ0v) is 25.7. The number of ether oxygens (including phenoxy) is 2. The van der Waals surface area contributed by atoms with Crippen LogP contribution in [0.2, 0.25) is 0 Å². The number of hydrogen-bond donors (Lipinski definition) is 1. The number of nitrogens with zero attached hydrogens (tertiary/aromatic N) is 4. The van der Waals surface area contributed by atoms with E-state index in [-0.39, 0.29) is 0 Å². The standard InChI is InChI=1S/C34H43N5O2/c1-9-23(5)17-24(6)20-40-33-25(7)11-13-29-32(33)34(36-21-35-29)38-27-12-14-31(26(8)18-27)41-28-15-16-39(37-10-2)30(19-28)22(3)4/h10-16,18-19,21,23-24H,9,17,20H2,1-8H3,(H,35,36,38)/b37-10-. The molecule has 0 fully saturated rings. The predicted molar refractivity (Wildman–Crippen MR) is 170 cm³/mol. The number of rotatable bonds is 11. The molecule has 7 heteroatoms. The lowest BCUT2D eigenvalue weighted by molar-refractivity contribution is 0.235. The van der Waals surface area contributed by atoms with Crippen LogP contribution in [-0.4, -0.2) is 27.8 Å². The fourth-order valence-electron chi connectivity index (χ4n) is 4.89. The third-order valence-electron chi connectivity index (χ3n) is 7.29. The molecule has 0 aliphatic carbocycles. The van der Waals surface area contributed by atoms with Crippen molar-refractivity contribution in [2.45, 2.75) is 68.2 Å². The van der Waals surface area contributed by atoms with Gasteiger partial charge in [0.15, 0.2) is 0 Å². The summed E-state index contributed by atoms with van der Waals surface area (Å²) in [6.45, 7) is 17.6. The molecule has 0 saturated heterocycles. The zero-order valence-electron chi connectivity index (χ0n) is 25.7. The Bertz CT molecular complexity index is 1500. The van der Waals surface area contributed by atoms with Gasteiger partial charge in [0, 0.05) is 24.2 Å². The number of nitrogens with one attached hydrogen (secondary N) is 1. The van der Waals surface area contributed by atoms with Crippen molar-refractivity contribution >= 4 is 28.6 Å². The van der Waals surface area contributed by atoms with Gasteiger partial charge in [-0.25, -0.2) is 15.0 Å². The number of aromatic nitrogens is 2. The van der Waals surface area contributed by atoms with Gasteiger partial charge in [-0.3, -0.25) is 0 Å². The van der Waals surface area contributed by atoms with Gasteiger partial charge in [0.25, 0.3) is 0 Å². The van der Waals surface area contributed by atoms with Crippen molar-refractivity contribution in [3.8, 4) is 11.5 Å². The monoisotopic (exact) mass is 553 g/mol. The van der Waals surface area contributed by atoms with Crippen LogP contribution in [0.3, 0.4) is 0 Å². The van der Waals surface area contributed by atoms with E-state index in [0.29, 0.717) is 18.4 Å². The van der Waals surface area contributed by atoms with Crippen molar-refractivity contribution < 1.29 is 9.47 Å². The van der Waals surface area contributed by atoms with E-state index in [1.54, 1.807) is 12.5 Å². The van der Waals surface area contributed by atoms with Gasteiger partial charge in [0.1, 0.15) is 29.4 Å². The minimum Gasteiger partial charge on any atom is -0.492 e. The summed E-state index contributed by atoms with van der Waals surface area (Å²) in [5.41, 5.74) is 5.98. The van der Waals surface area contributed by atoms with E-state index in [2.05, 4.69) is 74.1 Å². The van der Waals surface area contributed by atoms with Crippen molar-refractivity contribution in [3.05, 3.63) is 83.2 Å². The molecule has 1 aliphatic rings. The lowest BCUT2D eigenvalue weighted by atomic mass is 9.96. The van der Waals surface area contributed by atoms with Crippen molar-refractivity contribution in [1.82, 2.24) is 15.0 Å². The highest BCUT2D eigenvalue weighted by Gasteiger charge is 2.17. The maximum Gasteiger partial charge on any atom is 0.145 e. The van der Waals surface area contributed by atoms with Gasteiger partial charge in [0.2, 0.25) is 0 Å². The average molecular weight is 554 g/mol. The van der Waals surface area contributed by atoms with E-state index < -0.39 is 0 Å². The van der Waals surface area contributed by atoms with Crippen molar-refractivity contribution in [2.75, 3.05) is 11.9 Å². The molecule has 2 heterocycles. The van der Waals surface area contributed by atoms with Crippen LogP contribution >= 0.6 is 0 Å². The van der Waals surface area contributed by atoms with Gasteiger partial charge >= 0.3 is 0 Å². The number of hydrogen-bond acceptors (Lipinski definition) is 7. The third-order valence-corrected chi connectivity index (χ3v) is 7.29. The van der Waals surface area contributed by atoms with Crippen LogP contribution in [0.1, 0.15) is 65.5 Å². The van der Waals surface area contributed by atoms with E-state index in [9.17, 15) is 0 Å². The van der Waals surface area contributed by atoms with Crippen LogP contribution in [0, 0.1) is 25.7 Å². The SMILES string of the molecule is C/C=N\N1C=CC(Oc2ccc(Nc3ncnc4ccc(C)c(OCC(C)CC(C)CC)c34)cc2C)=CC1=C(C)C. The van der Waals surface area contributed by atoms with Gasteiger partial charge in [-0.2, -0.15) is 5.10 Å². The molecule has 1 aliphatic heterocycles. The normalized spacial score (nSPS) is 14.8. The number of hydrazone groups is 1. The Balaban J connectivity index is 1.56. The summed E-state index contributed by atoms with van der Waals surface area (Å²) in [6.07, 6.45) is 11.5. The van der Waals surface area contributed by atoms with Crippen molar-refractivity contribution in [3.63, 3.8) is 0 Å². The molecular formula is C34H43N5O2. The fraction of sp³-hybridized carbons (Fsp3) is 0.382. The minimum atomic E-state index is 0.459. The Morgan fingerprint density at radius 1 is 1.07 bits per heavy atom. The molecule has 0 radical (unpaired) electrons. The molecule has 216 valence electrons. The molecule has 2 unspecified atom stereocenters. The number of benzene rings is 2. The average Bonchev–Trinajstić information content (AvgIpc) is 2.94.